The van der Waals surface area contributed by atoms with Gasteiger partial charge in [0.1, 0.15) is 5.75 Å². The first-order valence-electron chi connectivity index (χ1n) is 7.19. The number of aliphatic hydroxyl groups excluding tert-OH is 1. The fourth-order valence-electron chi connectivity index (χ4n) is 2.56. The number of rotatable bonds is 6. The van der Waals surface area contributed by atoms with Gasteiger partial charge in [-0.3, -0.25) is 0 Å². The number of ether oxygens (including phenoxy) is 3. The van der Waals surface area contributed by atoms with Gasteiger partial charge in [0.05, 0.1) is 21.3 Å². The second-order valence-corrected chi connectivity index (χ2v) is 4.87. The van der Waals surface area contributed by atoms with E-state index in [0.29, 0.717) is 23.5 Å². The molecule has 0 atom stereocenters. The molecule has 0 unspecified atom stereocenters. The fraction of sp³-hybridized carbons (Fsp3) is 0.263. The highest BCUT2D eigenvalue weighted by molar-refractivity contribution is 5.82. The highest BCUT2D eigenvalue weighted by Gasteiger charge is 2.20. The van der Waals surface area contributed by atoms with Gasteiger partial charge in [-0.05, 0) is 35.7 Å². The van der Waals surface area contributed by atoms with Gasteiger partial charge in [0.2, 0.25) is 0 Å². The summed E-state index contributed by atoms with van der Waals surface area (Å²) in [6.45, 7) is 0.00617. The van der Waals surface area contributed by atoms with Gasteiger partial charge >= 0.3 is 0 Å². The van der Waals surface area contributed by atoms with E-state index in [1.807, 2.05) is 30.3 Å². The Kier molecular flexibility index (Phi) is 5.51. The van der Waals surface area contributed by atoms with Crippen LogP contribution in [0.2, 0.25) is 0 Å². The summed E-state index contributed by atoms with van der Waals surface area (Å²) in [6, 6.07) is 9.37. The summed E-state index contributed by atoms with van der Waals surface area (Å²) in [5.74, 6) is 4.64. The molecule has 0 saturated carbocycles. The van der Waals surface area contributed by atoms with Crippen molar-refractivity contribution in [3.8, 4) is 40.7 Å². The van der Waals surface area contributed by atoms with Crippen LogP contribution in [0.15, 0.2) is 30.3 Å². The molecule has 0 fully saturated rings. The Morgan fingerprint density at radius 3 is 2.22 bits per heavy atom. The third-order valence-electron chi connectivity index (χ3n) is 3.66. The molecule has 0 aliphatic carbocycles. The molecular weight excluding hydrogens is 292 g/mol. The number of methoxy groups -OCH3 is 3. The lowest BCUT2D eigenvalue weighted by Gasteiger charge is -2.18. The van der Waals surface area contributed by atoms with Crippen molar-refractivity contribution in [2.45, 2.75) is 6.42 Å². The predicted octanol–water partition coefficient (Wildman–Crippen LogP) is 2.90. The summed E-state index contributed by atoms with van der Waals surface area (Å²) in [7, 11) is 4.78. The van der Waals surface area contributed by atoms with E-state index in [1.54, 1.807) is 21.3 Å². The van der Waals surface area contributed by atoms with Gasteiger partial charge in [-0.15, -0.1) is 6.42 Å². The lowest BCUT2D eigenvalue weighted by atomic mass is 9.92. The summed E-state index contributed by atoms with van der Waals surface area (Å²) in [5.41, 5.74) is 3.22. The van der Waals surface area contributed by atoms with E-state index < -0.39 is 0 Å². The Morgan fingerprint density at radius 1 is 1.04 bits per heavy atom. The van der Waals surface area contributed by atoms with E-state index in [4.69, 9.17) is 20.6 Å². The average molecular weight is 312 g/mol. The lowest BCUT2D eigenvalue weighted by Crippen LogP contribution is -2.02. The van der Waals surface area contributed by atoms with E-state index in [9.17, 15) is 5.11 Å². The molecule has 23 heavy (non-hydrogen) atoms. The third-order valence-corrected chi connectivity index (χ3v) is 3.66. The van der Waals surface area contributed by atoms with Crippen LogP contribution in [0.25, 0.3) is 11.1 Å². The Labute approximate surface area is 136 Å². The normalized spacial score (nSPS) is 10.0. The minimum absolute atomic E-state index is 0.00617. The van der Waals surface area contributed by atoms with Crippen molar-refractivity contribution in [3.63, 3.8) is 0 Å². The van der Waals surface area contributed by atoms with Crippen LogP contribution in [0.4, 0.5) is 0 Å². The van der Waals surface area contributed by atoms with Gasteiger partial charge in [-0.25, -0.2) is 0 Å². The van der Waals surface area contributed by atoms with Crippen molar-refractivity contribution >= 4 is 0 Å². The van der Waals surface area contributed by atoms with Crippen molar-refractivity contribution in [2.75, 3.05) is 27.9 Å². The minimum atomic E-state index is 0.00617. The van der Waals surface area contributed by atoms with Gasteiger partial charge in [0, 0.05) is 17.7 Å². The van der Waals surface area contributed by atoms with E-state index in [0.717, 1.165) is 22.4 Å². The first-order chi connectivity index (χ1) is 11.2. The molecule has 2 aromatic carbocycles. The summed E-state index contributed by atoms with van der Waals surface area (Å²) >= 11 is 0. The van der Waals surface area contributed by atoms with Crippen molar-refractivity contribution in [1.82, 2.24) is 0 Å². The molecule has 0 bridgehead atoms. The van der Waals surface area contributed by atoms with E-state index in [-0.39, 0.29) is 6.61 Å². The largest absolute Gasteiger partial charge is 0.497 e. The highest BCUT2D eigenvalue weighted by Crippen LogP contribution is 2.42. The van der Waals surface area contributed by atoms with E-state index in [1.165, 1.54) is 0 Å². The van der Waals surface area contributed by atoms with Crippen LogP contribution in [0.5, 0.6) is 17.2 Å². The summed E-state index contributed by atoms with van der Waals surface area (Å²) in [4.78, 5) is 0. The van der Waals surface area contributed by atoms with Crippen LogP contribution in [0.1, 0.15) is 11.1 Å². The minimum Gasteiger partial charge on any atom is -0.497 e. The van der Waals surface area contributed by atoms with Crippen LogP contribution >= 0.6 is 0 Å². The maximum atomic E-state index is 9.30. The second-order valence-electron chi connectivity index (χ2n) is 4.87. The van der Waals surface area contributed by atoms with Crippen molar-refractivity contribution in [1.29, 1.82) is 0 Å². The summed E-state index contributed by atoms with van der Waals surface area (Å²) in [5, 5.41) is 9.30. The van der Waals surface area contributed by atoms with E-state index in [2.05, 4.69) is 5.92 Å². The highest BCUT2D eigenvalue weighted by atomic mass is 16.5. The molecule has 0 aromatic heterocycles. The van der Waals surface area contributed by atoms with Gasteiger partial charge in [0.15, 0.2) is 11.5 Å². The molecule has 0 amide bonds. The zero-order chi connectivity index (χ0) is 16.8. The quantitative estimate of drug-likeness (QED) is 0.833. The molecule has 0 saturated heterocycles. The molecule has 4 heteroatoms. The maximum absolute atomic E-state index is 9.30. The van der Waals surface area contributed by atoms with Crippen LogP contribution in [0.3, 0.4) is 0 Å². The Hall–Kier alpha value is -2.64. The molecule has 0 spiro atoms. The standard InChI is InChI=1S/C19H20O4/c1-5-16-14(10-11-20)12-17(22-3)19(23-4)18(16)13-6-8-15(21-2)9-7-13/h1,6-9,12,20H,10-11H2,2-4H3. The van der Waals surface area contributed by atoms with Crippen LogP contribution in [-0.4, -0.2) is 33.0 Å². The predicted molar refractivity (Wildman–Crippen MR) is 90.3 cm³/mol. The smallest absolute Gasteiger partial charge is 0.169 e. The van der Waals surface area contributed by atoms with E-state index >= 15 is 0 Å². The maximum Gasteiger partial charge on any atom is 0.169 e. The SMILES string of the molecule is C#Cc1c(CCO)cc(OC)c(OC)c1-c1ccc(OC)cc1. The number of hydrogen-bond acceptors (Lipinski definition) is 4. The molecular formula is C19H20O4. The fourth-order valence-corrected chi connectivity index (χ4v) is 2.56. The monoisotopic (exact) mass is 312 g/mol. The Balaban J connectivity index is 2.75. The molecule has 1 N–H and O–H groups in total. The van der Waals surface area contributed by atoms with Gasteiger partial charge in [-0.2, -0.15) is 0 Å². The molecule has 0 heterocycles. The van der Waals surface area contributed by atoms with Gasteiger partial charge in [0.25, 0.3) is 0 Å². The third kappa shape index (κ3) is 3.25. The first kappa shape index (κ1) is 16.7. The van der Waals surface area contributed by atoms with Gasteiger partial charge in [-0.1, -0.05) is 18.1 Å². The Morgan fingerprint density at radius 2 is 1.74 bits per heavy atom. The number of benzene rings is 2. The van der Waals surface area contributed by atoms with Crippen molar-refractivity contribution in [2.24, 2.45) is 0 Å². The molecule has 120 valence electrons. The molecule has 2 aromatic rings. The zero-order valence-corrected chi connectivity index (χ0v) is 13.6. The lowest BCUT2D eigenvalue weighted by molar-refractivity contribution is 0.299. The average Bonchev–Trinajstić information content (AvgIpc) is 2.60. The van der Waals surface area contributed by atoms with Gasteiger partial charge < -0.3 is 19.3 Å². The van der Waals surface area contributed by atoms with Crippen LogP contribution in [-0.2, 0) is 6.42 Å². The summed E-state index contributed by atoms with van der Waals surface area (Å²) in [6.07, 6.45) is 6.19. The molecule has 0 aliphatic rings. The number of hydrogen-bond donors (Lipinski definition) is 1. The first-order valence-corrected chi connectivity index (χ1v) is 7.19. The van der Waals surface area contributed by atoms with Crippen molar-refractivity contribution < 1.29 is 19.3 Å². The topological polar surface area (TPSA) is 47.9 Å². The molecule has 2 rings (SSSR count). The zero-order valence-electron chi connectivity index (χ0n) is 13.6. The molecule has 0 radical (unpaired) electrons. The Bertz CT molecular complexity index is 712. The number of terminal acetylenes is 1. The molecule has 0 aliphatic heterocycles. The number of aliphatic hydroxyl groups is 1. The summed E-state index contributed by atoms with van der Waals surface area (Å²) < 4.78 is 16.2. The molecule has 4 nitrogen and oxygen atoms in total. The second kappa shape index (κ2) is 7.57. The van der Waals surface area contributed by atoms with Crippen LogP contribution < -0.4 is 14.2 Å². The van der Waals surface area contributed by atoms with Crippen LogP contribution in [0, 0.1) is 12.3 Å². The van der Waals surface area contributed by atoms with Crippen molar-refractivity contribution in [3.05, 3.63) is 41.5 Å².